The van der Waals surface area contributed by atoms with E-state index in [1.807, 2.05) is 35.8 Å². The number of nitrogens with zero attached hydrogens (tertiary/aromatic N) is 6. The molecule has 0 aliphatic heterocycles. The van der Waals surface area contributed by atoms with Crippen LogP contribution in [-0.4, -0.2) is 34.7 Å². The highest BCUT2D eigenvalue weighted by Gasteiger charge is 2.10. The van der Waals surface area contributed by atoms with Crippen molar-refractivity contribution in [2.75, 3.05) is 5.75 Å². The second-order valence-corrected chi connectivity index (χ2v) is 5.77. The molecule has 0 aromatic carbocycles. The summed E-state index contributed by atoms with van der Waals surface area (Å²) in [5.41, 5.74) is 0.531. The molecule has 3 heterocycles. The molecule has 7 nitrogen and oxygen atoms in total. The summed E-state index contributed by atoms with van der Waals surface area (Å²) in [5, 5.41) is 13.3. The van der Waals surface area contributed by atoms with Crippen LogP contribution < -0.4 is 5.69 Å². The molecule has 22 heavy (non-hydrogen) atoms. The standard InChI is InChI=1S/C14H16N6OS/c1-3-7-18-11(2)15-16-13(18)22-10-9-20-14(21)19-8-5-4-6-12(19)17-20/h3-6,8H,1,7,9-10H2,2H3. The van der Waals surface area contributed by atoms with Crippen LogP contribution in [0.5, 0.6) is 0 Å². The normalized spacial score (nSPS) is 11.1. The number of hydrogen-bond donors (Lipinski definition) is 0. The molecular formula is C14H16N6OS. The lowest BCUT2D eigenvalue weighted by Crippen LogP contribution is -2.22. The molecule has 3 aromatic heterocycles. The minimum atomic E-state index is -0.125. The summed E-state index contributed by atoms with van der Waals surface area (Å²) < 4.78 is 5.00. The number of fused-ring (bicyclic) bond motifs is 1. The molecule has 0 saturated carbocycles. The first-order chi connectivity index (χ1) is 10.7. The third-order valence-corrected chi connectivity index (χ3v) is 4.18. The van der Waals surface area contributed by atoms with Crippen molar-refractivity contribution in [2.24, 2.45) is 0 Å². The molecule has 0 atom stereocenters. The number of aromatic nitrogens is 6. The molecule has 3 aromatic rings. The molecule has 3 rings (SSSR count). The van der Waals surface area contributed by atoms with Gasteiger partial charge in [-0.1, -0.05) is 23.9 Å². The van der Waals surface area contributed by atoms with E-state index in [0.29, 0.717) is 24.5 Å². The van der Waals surface area contributed by atoms with Crippen molar-refractivity contribution < 1.29 is 0 Å². The van der Waals surface area contributed by atoms with Crippen LogP contribution in [-0.2, 0) is 13.1 Å². The first kappa shape index (κ1) is 14.6. The fraction of sp³-hybridized carbons (Fsp3) is 0.286. The van der Waals surface area contributed by atoms with Gasteiger partial charge in [-0.05, 0) is 19.1 Å². The lowest BCUT2D eigenvalue weighted by Gasteiger charge is -2.04. The van der Waals surface area contributed by atoms with Gasteiger partial charge in [0.2, 0.25) is 0 Å². The highest BCUT2D eigenvalue weighted by molar-refractivity contribution is 7.99. The molecule has 0 spiro atoms. The lowest BCUT2D eigenvalue weighted by molar-refractivity contribution is 0.637. The average molecular weight is 316 g/mol. The molecule has 0 aliphatic carbocycles. The molecule has 0 radical (unpaired) electrons. The van der Waals surface area contributed by atoms with Crippen LogP contribution in [0.2, 0.25) is 0 Å². The Kier molecular flexibility index (Phi) is 4.10. The molecular weight excluding hydrogens is 300 g/mol. The highest BCUT2D eigenvalue weighted by atomic mass is 32.2. The van der Waals surface area contributed by atoms with Crippen molar-refractivity contribution in [1.29, 1.82) is 0 Å². The Morgan fingerprint density at radius 1 is 1.36 bits per heavy atom. The third kappa shape index (κ3) is 2.69. The molecule has 0 amide bonds. The van der Waals surface area contributed by atoms with Crippen molar-refractivity contribution >= 4 is 17.4 Å². The van der Waals surface area contributed by atoms with Crippen molar-refractivity contribution in [3.8, 4) is 0 Å². The van der Waals surface area contributed by atoms with Crippen LogP contribution in [0, 0.1) is 6.92 Å². The van der Waals surface area contributed by atoms with Crippen molar-refractivity contribution in [1.82, 2.24) is 28.9 Å². The predicted octanol–water partition coefficient (Wildman–Crippen LogP) is 1.37. The van der Waals surface area contributed by atoms with E-state index in [1.54, 1.807) is 18.0 Å². The maximum absolute atomic E-state index is 12.2. The topological polar surface area (TPSA) is 70.0 Å². The van der Waals surface area contributed by atoms with Crippen molar-refractivity contribution in [3.05, 3.63) is 53.4 Å². The van der Waals surface area contributed by atoms with E-state index < -0.39 is 0 Å². The molecule has 0 aliphatic rings. The number of hydrogen-bond acceptors (Lipinski definition) is 5. The number of aryl methyl sites for hydroxylation is 2. The van der Waals surface area contributed by atoms with Crippen LogP contribution in [0.15, 0.2) is 47.0 Å². The van der Waals surface area contributed by atoms with Crippen LogP contribution in [0.3, 0.4) is 0 Å². The largest absolute Gasteiger partial charge is 0.350 e. The zero-order valence-corrected chi connectivity index (χ0v) is 13.0. The molecule has 0 fully saturated rings. The van der Waals surface area contributed by atoms with Gasteiger partial charge in [-0.15, -0.1) is 21.9 Å². The van der Waals surface area contributed by atoms with Crippen LogP contribution in [0.4, 0.5) is 0 Å². The van der Waals surface area contributed by atoms with E-state index in [1.165, 1.54) is 9.08 Å². The summed E-state index contributed by atoms with van der Waals surface area (Å²) in [6.45, 7) is 6.84. The Labute approximate surface area is 131 Å². The smallest absolute Gasteiger partial charge is 0.302 e. The molecule has 0 bridgehead atoms. The number of pyridine rings is 1. The number of allylic oxidation sites excluding steroid dienone is 1. The fourth-order valence-corrected chi connectivity index (χ4v) is 3.05. The molecule has 0 saturated heterocycles. The van der Waals surface area contributed by atoms with Gasteiger partial charge in [0.1, 0.15) is 5.82 Å². The van der Waals surface area contributed by atoms with Gasteiger partial charge < -0.3 is 4.57 Å². The maximum atomic E-state index is 12.2. The van der Waals surface area contributed by atoms with Gasteiger partial charge in [0.15, 0.2) is 10.8 Å². The van der Waals surface area contributed by atoms with E-state index in [0.717, 1.165) is 11.0 Å². The molecule has 0 unspecified atom stereocenters. The number of rotatable bonds is 6. The van der Waals surface area contributed by atoms with Gasteiger partial charge in [-0.2, -0.15) is 0 Å². The van der Waals surface area contributed by atoms with E-state index in [-0.39, 0.29) is 5.69 Å². The Morgan fingerprint density at radius 3 is 3.00 bits per heavy atom. The van der Waals surface area contributed by atoms with Crippen LogP contribution in [0.1, 0.15) is 5.82 Å². The second-order valence-electron chi connectivity index (χ2n) is 4.71. The second kappa shape index (κ2) is 6.18. The van der Waals surface area contributed by atoms with Crippen LogP contribution in [0.25, 0.3) is 5.65 Å². The first-order valence-electron chi connectivity index (χ1n) is 6.88. The highest BCUT2D eigenvalue weighted by Crippen LogP contribution is 2.16. The molecule has 114 valence electrons. The zero-order valence-electron chi connectivity index (χ0n) is 12.2. The summed E-state index contributed by atoms with van der Waals surface area (Å²) in [4.78, 5) is 12.2. The Bertz CT molecular complexity index is 862. The van der Waals surface area contributed by atoms with Crippen LogP contribution >= 0.6 is 11.8 Å². The minimum absolute atomic E-state index is 0.125. The average Bonchev–Trinajstić information content (AvgIpc) is 3.03. The summed E-state index contributed by atoms with van der Waals surface area (Å²) >= 11 is 1.55. The SMILES string of the molecule is C=CCn1c(C)nnc1SCCn1nc2ccccn2c1=O. The fourth-order valence-electron chi connectivity index (χ4n) is 2.14. The van der Waals surface area contributed by atoms with Gasteiger partial charge >= 0.3 is 5.69 Å². The Balaban J connectivity index is 1.71. The Morgan fingerprint density at radius 2 is 2.23 bits per heavy atom. The molecule has 8 heteroatoms. The zero-order chi connectivity index (χ0) is 15.5. The van der Waals surface area contributed by atoms with Gasteiger partial charge in [0.25, 0.3) is 0 Å². The van der Waals surface area contributed by atoms with Crippen molar-refractivity contribution in [2.45, 2.75) is 25.2 Å². The lowest BCUT2D eigenvalue weighted by atomic mass is 10.5. The van der Waals surface area contributed by atoms with Gasteiger partial charge in [-0.25, -0.2) is 9.48 Å². The maximum Gasteiger partial charge on any atom is 0.350 e. The summed E-state index contributed by atoms with van der Waals surface area (Å²) in [7, 11) is 0. The minimum Gasteiger partial charge on any atom is -0.302 e. The first-order valence-corrected chi connectivity index (χ1v) is 7.87. The van der Waals surface area contributed by atoms with Gasteiger partial charge in [0, 0.05) is 18.5 Å². The van der Waals surface area contributed by atoms with E-state index in [9.17, 15) is 4.79 Å². The Hall–Kier alpha value is -2.35. The van der Waals surface area contributed by atoms with Gasteiger partial charge in [-0.3, -0.25) is 4.40 Å². The number of thioether (sulfide) groups is 1. The summed E-state index contributed by atoms with van der Waals surface area (Å²) in [5.74, 6) is 1.55. The summed E-state index contributed by atoms with van der Waals surface area (Å²) in [6, 6.07) is 5.49. The summed E-state index contributed by atoms with van der Waals surface area (Å²) in [6.07, 6.45) is 3.53. The third-order valence-electron chi connectivity index (χ3n) is 3.24. The van der Waals surface area contributed by atoms with E-state index in [2.05, 4.69) is 21.9 Å². The molecule has 0 N–H and O–H groups in total. The monoisotopic (exact) mass is 316 g/mol. The van der Waals surface area contributed by atoms with E-state index >= 15 is 0 Å². The van der Waals surface area contributed by atoms with Crippen molar-refractivity contribution in [3.63, 3.8) is 0 Å². The van der Waals surface area contributed by atoms with Gasteiger partial charge in [0.05, 0.1) is 6.54 Å². The van der Waals surface area contributed by atoms with E-state index in [4.69, 9.17) is 0 Å². The quantitative estimate of drug-likeness (QED) is 0.507. The predicted molar refractivity (Wildman–Crippen MR) is 85.1 cm³/mol.